The van der Waals surface area contributed by atoms with Crippen LogP contribution >= 0.6 is 76.1 Å². The Kier molecular flexibility index (Phi) is 17.6. The number of nitrogens with zero attached hydrogens (tertiary/aromatic N) is 2. The molecule has 3 saturated carbocycles. The minimum atomic E-state index is -1.37. The summed E-state index contributed by atoms with van der Waals surface area (Å²) in [5, 5.41) is 27.4. The van der Waals surface area contributed by atoms with Gasteiger partial charge in [-0.15, -0.1) is 12.4 Å². The van der Waals surface area contributed by atoms with Gasteiger partial charge in [-0.1, -0.05) is 47.8 Å². The van der Waals surface area contributed by atoms with Gasteiger partial charge in [0, 0.05) is 58.0 Å². The molecule has 1 spiro atoms. The highest BCUT2D eigenvalue weighted by molar-refractivity contribution is 9.12. The van der Waals surface area contributed by atoms with E-state index in [0.29, 0.717) is 48.8 Å². The summed E-state index contributed by atoms with van der Waals surface area (Å²) in [6, 6.07) is 14.5. The maximum Gasteiger partial charge on any atom is 0.283 e. The Morgan fingerprint density at radius 2 is 1.27 bits per heavy atom. The third kappa shape index (κ3) is 14.5. The number of ether oxygens (including phenoxy) is 1. The standard InChI is InChI=1S/C16H23BrFNO2S.C13H14BrFN2O.C12H15BrFNO.CBrN.ClH/c1-14(2,3)22(21)19-15(4,10-16(20)7-8-16)12-9-11(17)5-6-13(12)18;1-12(9-6-8(14)2-3-10(9)15)7-13(4-5-13)18-11(16)17-12;1-11(15,7-12(16)4-5-12)9-6-8(13)2-3-10(9)14;2-1-3;/h5-6,9,19-20H,7-8,10H2,1-4H3;2-3,6H,4-5,7H2,1H3,(H2,16,17);2-3,6,16H,4-5,7,15H2,1H3;;1H/t15-,22?;12-;11-;;/m000../s1. The zero-order valence-corrected chi connectivity index (χ0v) is 42.3. The van der Waals surface area contributed by atoms with E-state index in [1.807, 2.05) is 27.7 Å². The minimum Gasteiger partial charge on any atom is -0.459 e. The largest absolute Gasteiger partial charge is 0.459 e. The Morgan fingerprint density at radius 1 is 0.833 bits per heavy atom. The van der Waals surface area contributed by atoms with E-state index >= 15 is 0 Å². The normalized spacial score (nSPS) is 22.3. The summed E-state index contributed by atoms with van der Waals surface area (Å²) in [5.41, 5.74) is 9.21. The number of rotatable bonds is 9. The van der Waals surface area contributed by atoms with E-state index in [4.69, 9.17) is 21.5 Å². The Morgan fingerprint density at radius 3 is 1.73 bits per heavy atom. The van der Waals surface area contributed by atoms with E-state index in [0.717, 1.165) is 39.1 Å². The molecule has 60 heavy (non-hydrogen) atoms. The van der Waals surface area contributed by atoms with Crippen molar-refractivity contribution in [1.29, 1.82) is 5.26 Å². The van der Waals surface area contributed by atoms with Crippen LogP contribution in [0.3, 0.4) is 0 Å². The first-order valence-electron chi connectivity index (χ1n) is 19.0. The average molecular weight is 1140 g/mol. The number of aliphatic hydroxyl groups is 2. The van der Waals surface area contributed by atoms with Crippen molar-refractivity contribution in [2.45, 2.75) is 137 Å². The van der Waals surface area contributed by atoms with Crippen molar-refractivity contribution in [3.8, 4) is 4.98 Å². The van der Waals surface area contributed by atoms with Crippen LogP contribution in [0.1, 0.15) is 116 Å². The highest BCUT2D eigenvalue weighted by Gasteiger charge is 2.54. The lowest BCUT2D eigenvalue weighted by molar-refractivity contribution is 0.0961. The summed E-state index contributed by atoms with van der Waals surface area (Å²) < 4.78 is 65.2. The Balaban J connectivity index is 0.000000233. The molecule has 4 atom stereocenters. The number of amidine groups is 1. The molecule has 0 aromatic heterocycles. The molecule has 3 fully saturated rings. The number of nitriles is 1. The Labute approximate surface area is 393 Å². The average Bonchev–Trinajstić information content (AvgIpc) is 4.08. The molecule has 0 bridgehead atoms. The van der Waals surface area contributed by atoms with Crippen LogP contribution in [0.2, 0.25) is 0 Å². The van der Waals surface area contributed by atoms with E-state index in [-0.39, 0.29) is 41.5 Å². The fourth-order valence-electron chi connectivity index (χ4n) is 7.15. The molecule has 18 heteroatoms. The number of halogens is 8. The molecule has 7 N–H and O–H groups in total. The summed E-state index contributed by atoms with van der Waals surface area (Å²) in [7, 11) is -1.37. The molecule has 0 radical (unpaired) electrons. The fourth-order valence-corrected chi connectivity index (χ4v) is 9.13. The lowest BCUT2D eigenvalue weighted by atomic mass is 9.85. The van der Waals surface area contributed by atoms with Crippen molar-refractivity contribution in [2.24, 2.45) is 16.5 Å². The van der Waals surface area contributed by atoms with Crippen LogP contribution in [0.5, 0.6) is 0 Å². The molecule has 3 aliphatic carbocycles. The van der Waals surface area contributed by atoms with E-state index < -0.39 is 43.6 Å². The molecule has 332 valence electrons. The van der Waals surface area contributed by atoms with E-state index in [1.165, 1.54) is 18.2 Å². The molecule has 3 aromatic carbocycles. The Bertz CT molecular complexity index is 2110. The van der Waals surface area contributed by atoms with Crippen molar-refractivity contribution in [1.82, 2.24) is 4.72 Å². The van der Waals surface area contributed by atoms with Crippen LogP contribution in [-0.2, 0) is 32.3 Å². The van der Waals surface area contributed by atoms with Gasteiger partial charge in [0.2, 0.25) is 0 Å². The summed E-state index contributed by atoms with van der Waals surface area (Å²) in [6.07, 6.45) is 6.24. The lowest BCUT2D eigenvalue weighted by Gasteiger charge is -2.36. The van der Waals surface area contributed by atoms with Crippen LogP contribution in [0.4, 0.5) is 13.2 Å². The number of nitrogens with one attached hydrogen (secondary N) is 1. The quantitative estimate of drug-likeness (QED) is 0.142. The number of aliphatic imine (C=N–C) groups is 1. The monoisotopic (exact) mass is 1130 g/mol. The second kappa shape index (κ2) is 20.1. The van der Waals surface area contributed by atoms with Gasteiger partial charge >= 0.3 is 0 Å². The molecule has 1 aliphatic heterocycles. The topological polar surface area (TPSA) is 167 Å². The summed E-state index contributed by atoms with van der Waals surface area (Å²) in [6.45, 7) is 11.1. The van der Waals surface area contributed by atoms with Crippen molar-refractivity contribution >= 4 is 93.1 Å². The van der Waals surface area contributed by atoms with E-state index in [9.17, 15) is 27.6 Å². The fraction of sp³-hybridized carbons (Fsp3) is 0.524. The molecule has 9 nitrogen and oxygen atoms in total. The van der Waals surface area contributed by atoms with Crippen LogP contribution in [-0.4, -0.2) is 42.0 Å². The van der Waals surface area contributed by atoms with Gasteiger partial charge in [0.1, 0.15) is 28.0 Å². The van der Waals surface area contributed by atoms with E-state index in [1.54, 1.807) is 55.2 Å². The lowest BCUT2D eigenvalue weighted by Crippen LogP contribution is -2.48. The molecule has 1 heterocycles. The van der Waals surface area contributed by atoms with Crippen LogP contribution in [0.25, 0.3) is 0 Å². The molecule has 3 aromatic rings. The highest BCUT2D eigenvalue weighted by atomic mass is 79.9. The molecule has 0 amide bonds. The predicted molar refractivity (Wildman–Crippen MR) is 248 cm³/mol. The molecule has 4 aliphatic rings. The van der Waals surface area contributed by atoms with Gasteiger partial charge < -0.3 is 26.4 Å². The third-order valence-corrected chi connectivity index (χ3v) is 13.9. The maximum atomic E-state index is 14.4. The van der Waals surface area contributed by atoms with Crippen molar-refractivity contribution in [3.63, 3.8) is 0 Å². The molecular weight excluding hydrogens is 1080 g/mol. The Hall–Kier alpha value is -1.59. The van der Waals surface area contributed by atoms with Gasteiger partial charge in [0.05, 0.1) is 38.0 Å². The number of benzene rings is 3. The van der Waals surface area contributed by atoms with Crippen molar-refractivity contribution < 1.29 is 32.3 Å². The number of hydrogen-bond acceptors (Lipinski definition) is 8. The molecule has 7 rings (SSSR count). The SMILES string of the molecule is CC(C)(C)S(=O)N[C@@](C)(CC1(O)CC1)c1cc(Br)ccc1F.C[C@@]1(c2cc(Br)ccc2F)CC2(CC2)OC(N)=N1.C[C@](N)(CC1(O)CC1)c1cc(Br)ccc1F.Cl.N#CBr. The van der Waals surface area contributed by atoms with Gasteiger partial charge in [-0.2, -0.15) is 5.26 Å². The molecular formula is C42H53Br4ClF3N5O4S. The first-order chi connectivity index (χ1) is 27.1. The van der Waals surface area contributed by atoms with Crippen molar-refractivity contribution in [3.05, 3.63) is 102 Å². The zero-order valence-electron chi connectivity index (χ0n) is 34.3. The summed E-state index contributed by atoms with van der Waals surface area (Å²) in [4.78, 5) is 5.90. The van der Waals surface area contributed by atoms with Gasteiger partial charge in [0.15, 0.2) is 0 Å². The van der Waals surface area contributed by atoms with Crippen LogP contribution < -0.4 is 16.2 Å². The number of hydrogen-bond donors (Lipinski definition) is 5. The first-order valence-corrected chi connectivity index (χ1v) is 23.3. The summed E-state index contributed by atoms with van der Waals surface area (Å²) >= 11 is 12.5. The maximum absolute atomic E-state index is 14.4. The first kappa shape index (κ1) is 52.8. The van der Waals surface area contributed by atoms with E-state index in [2.05, 4.69) is 73.4 Å². The van der Waals surface area contributed by atoms with Crippen LogP contribution in [0, 0.1) is 27.7 Å². The second-order valence-electron chi connectivity index (χ2n) is 17.7. The minimum absolute atomic E-state index is 0. The second-order valence-corrected chi connectivity index (χ2v) is 22.7. The van der Waals surface area contributed by atoms with Gasteiger partial charge in [0.25, 0.3) is 6.02 Å². The smallest absolute Gasteiger partial charge is 0.283 e. The van der Waals surface area contributed by atoms with Gasteiger partial charge in [-0.05, 0) is 148 Å². The molecule has 1 unspecified atom stereocenters. The van der Waals surface area contributed by atoms with Gasteiger partial charge in [-0.3, -0.25) is 0 Å². The summed E-state index contributed by atoms with van der Waals surface area (Å²) in [5.74, 6) is -0.944. The van der Waals surface area contributed by atoms with Crippen molar-refractivity contribution in [2.75, 3.05) is 0 Å². The third-order valence-electron chi connectivity index (χ3n) is 10.6. The van der Waals surface area contributed by atoms with Crippen LogP contribution in [0.15, 0.2) is 73.0 Å². The predicted octanol–water partition coefficient (Wildman–Crippen LogP) is 10.8. The zero-order chi connectivity index (χ0) is 44.4. The molecule has 0 saturated heterocycles. The highest BCUT2D eigenvalue weighted by Crippen LogP contribution is 2.52. The number of nitrogens with two attached hydrogens (primary N) is 2. The van der Waals surface area contributed by atoms with Gasteiger partial charge in [-0.25, -0.2) is 27.1 Å².